The fourth-order valence-corrected chi connectivity index (χ4v) is 8.50. The first kappa shape index (κ1) is 48.9. The van der Waals surface area contributed by atoms with Gasteiger partial charge in [-0.2, -0.15) is 0 Å². The van der Waals surface area contributed by atoms with Gasteiger partial charge in [0.2, 0.25) is 11.8 Å². The maximum atomic E-state index is 12.9. The summed E-state index contributed by atoms with van der Waals surface area (Å²) < 4.78 is 5.38. The first-order valence-electron chi connectivity index (χ1n) is 21.9. The molecule has 4 amide bonds. The molecule has 2 aromatic carbocycles. The van der Waals surface area contributed by atoms with Crippen molar-refractivity contribution in [3.05, 3.63) is 103 Å². The quantitative estimate of drug-likeness (QED) is 0.0730. The van der Waals surface area contributed by atoms with Crippen LogP contribution in [-0.2, 0) is 22.7 Å². The van der Waals surface area contributed by atoms with Crippen LogP contribution in [0, 0.1) is 18.8 Å². The van der Waals surface area contributed by atoms with Gasteiger partial charge in [0.05, 0.1) is 32.5 Å². The number of carbonyl (C=O) groups excluding carboxylic acids is 4. The van der Waals surface area contributed by atoms with Crippen molar-refractivity contribution in [1.82, 2.24) is 39.5 Å². The Kier molecular flexibility index (Phi) is 18.2. The third-order valence-corrected chi connectivity index (χ3v) is 12.2. The number of amides is 4. The number of likely N-dealkylation sites (N-methyl/N-ethyl adjacent to an activating group) is 2. The Hall–Kier alpha value is -5.16. The number of hydrogen-bond donors (Lipinski definition) is 6. The lowest BCUT2D eigenvalue weighted by molar-refractivity contribution is -0.122. The average Bonchev–Trinajstić information content (AvgIpc) is 3.49. The van der Waals surface area contributed by atoms with Gasteiger partial charge in [0, 0.05) is 49.2 Å². The summed E-state index contributed by atoms with van der Waals surface area (Å²) in [4.78, 5) is 74.9. The number of imidazole rings is 2. The van der Waals surface area contributed by atoms with Gasteiger partial charge in [-0.05, 0) is 82.9 Å². The molecule has 0 saturated heterocycles. The Morgan fingerprint density at radius 2 is 1.10 bits per heavy atom. The van der Waals surface area contributed by atoms with E-state index in [-0.39, 0.29) is 63.6 Å². The number of benzene rings is 2. The second kappa shape index (κ2) is 23.5. The Morgan fingerprint density at radius 1 is 0.651 bits per heavy atom. The molecule has 2 aliphatic carbocycles. The normalized spacial score (nSPS) is 15.8. The lowest BCUT2D eigenvalue weighted by Crippen LogP contribution is -2.40. The number of halogens is 2. The van der Waals surface area contributed by atoms with Crippen molar-refractivity contribution < 1.29 is 29.4 Å². The number of aliphatic hydroxyl groups excluding tert-OH is 2. The van der Waals surface area contributed by atoms with E-state index in [9.17, 15) is 39.0 Å². The maximum Gasteiger partial charge on any atom is 0.333 e. The molecule has 0 aliphatic heterocycles. The fraction of sp³-hybridized carbons (Fsp3) is 0.511. The fourth-order valence-electron chi connectivity index (χ4n) is 8.09. The van der Waals surface area contributed by atoms with Crippen LogP contribution >= 0.6 is 23.2 Å². The molecular weight excluding hydrogens is 851 g/mol. The maximum absolute atomic E-state index is 12.9. The number of aromatic nitrogens is 4. The van der Waals surface area contributed by atoms with Crippen molar-refractivity contribution in [2.45, 2.75) is 123 Å². The van der Waals surface area contributed by atoms with Gasteiger partial charge in [0.15, 0.2) is 0 Å². The van der Waals surface area contributed by atoms with E-state index in [0.717, 1.165) is 77.0 Å². The summed E-state index contributed by atoms with van der Waals surface area (Å²) in [5.41, 5.74) is 1.07. The van der Waals surface area contributed by atoms with E-state index < -0.39 is 30.0 Å². The van der Waals surface area contributed by atoms with Crippen molar-refractivity contribution in [3.63, 3.8) is 0 Å². The first-order valence-corrected chi connectivity index (χ1v) is 22.7. The third kappa shape index (κ3) is 13.2. The molecule has 16 nitrogen and oxygen atoms in total. The van der Waals surface area contributed by atoms with Crippen LogP contribution in [0.4, 0.5) is 0 Å². The smallest absolute Gasteiger partial charge is 0.333 e. The Morgan fingerprint density at radius 3 is 1.56 bits per heavy atom. The van der Waals surface area contributed by atoms with E-state index in [1.165, 1.54) is 48.9 Å². The summed E-state index contributed by atoms with van der Waals surface area (Å²) in [5, 5.41) is 32.2. The lowest BCUT2D eigenvalue weighted by Gasteiger charge is -2.22. The van der Waals surface area contributed by atoms with Gasteiger partial charge in [-0.1, -0.05) is 74.6 Å². The Balaban J connectivity index is 0.000000238. The van der Waals surface area contributed by atoms with Gasteiger partial charge in [0.25, 0.3) is 11.8 Å². The van der Waals surface area contributed by atoms with Crippen LogP contribution in [0.2, 0.25) is 10.0 Å². The van der Waals surface area contributed by atoms with Crippen LogP contribution < -0.4 is 32.6 Å². The van der Waals surface area contributed by atoms with Crippen LogP contribution in [0.1, 0.15) is 117 Å². The van der Waals surface area contributed by atoms with E-state index in [1.54, 1.807) is 38.2 Å². The molecule has 2 aromatic heterocycles. The predicted molar refractivity (Wildman–Crippen MR) is 242 cm³/mol. The highest BCUT2D eigenvalue weighted by atomic mass is 35.5. The van der Waals surface area contributed by atoms with Crippen molar-refractivity contribution in [2.75, 3.05) is 13.1 Å². The van der Waals surface area contributed by atoms with Crippen LogP contribution in [0.15, 0.2) is 64.6 Å². The Bertz CT molecular complexity index is 2320. The number of carbonyl (C=O) groups is 4. The summed E-state index contributed by atoms with van der Waals surface area (Å²) in [5.74, 6) is -1.43. The molecule has 6 rings (SSSR count). The molecule has 0 spiro atoms. The van der Waals surface area contributed by atoms with Crippen molar-refractivity contribution in [1.29, 1.82) is 0 Å². The van der Waals surface area contributed by atoms with Crippen molar-refractivity contribution >= 4 is 46.8 Å². The molecule has 2 aliphatic rings. The highest BCUT2D eigenvalue weighted by molar-refractivity contribution is 6.34. The number of aliphatic hydroxyl groups is 2. The molecule has 2 unspecified atom stereocenters. The van der Waals surface area contributed by atoms with Gasteiger partial charge in [-0.3, -0.25) is 37.4 Å². The summed E-state index contributed by atoms with van der Waals surface area (Å²) in [6.45, 7) is 6.15. The molecule has 342 valence electrons. The monoisotopic (exact) mass is 910 g/mol. The molecular formula is C45H60Cl2N8O8. The zero-order valence-corrected chi connectivity index (χ0v) is 37.7. The molecule has 2 atom stereocenters. The minimum absolute atomic E-state index is 0.0250. The van der Waals surface area contributed by atoms with Gasteiger partial charge in [0.1, 0.15) is 25.5 Å². The number of nitrogens with zero attached hydrogens (tertiary/aromatic N) is 4. The second-order valence-corrected chi connectivity index (χ2v) is 17.0. The van der Waals surface area contributed by atoms with Crippen LogP contribution in [0.5, 0.6) is 0 Å². The predicted octanol–water partition coefficient (Wildman–Crippen LogP) is 5.20. The first-order chi connectivity index (χ1) is 30.2. The molecule has 2 fully saturated rings. The molecule has 2 saturated carbocycles. The number of nitrogens with one attached hydrogen (secondary N) is 4. The van der Waals surface area contributed by atoms with Crippen LogP contribution in [0.3, 0.4) is 0 Å². The highest BCUT2D eigenvalue weighted by Gasteiger charge is 2.26. The topological polar surface area (TPSA) is 211 Å². The second-order valence-electron chi connectivity index (χ2n) is 16.2. The number of hydrogen-bond acceptors (Lipinski definition) is 8. The molecule has 18 heteroatoms. The highest BCUT2D eigenvalue weighted by Crippen LogP contribution is 2.27. The van der Waals surface area contributed by atoms with Gasteiger partial charge in [-0.25, -0.2) is 9.59 Å². The molecule has 0 radical (unpaired) electrons. The van der Waals surface area contributed by atoms with Gasteiger partial charge >= 0.3 is 11.4 Å². The number of aryl methyl sites for hydroxylation is 1. The average molecular weight is 912 g/mol. The van der Waals surface area contributed by atoms with Crippen LogP contribution in [0.25, 0.3) is 11.4 Å². The van der Waals surface area contributed by atoms with Crippen LogP contribution in [-0.4, -0.2) is 77.7 Å². The molecule has 0 bridgehead atoms. The molecule has 4 aromatic rings. The largest absolute Gasteiger partial charge is 0.373 e. The Labute approximate surface area is 377 Å². The van der Waals surface area contributed by atoms with E-state index in [2.05, 4.69) is 21.3 Å². The van der Waals surface area contributed by atoms with Gasteiger partial charge < -0.3 is 31.5 Å². The van der Waals surface area contributed by atoms with Gasteiger partial charge in [-0.15, -0.1) is 0 Å². The standard InChI is InChI=1S/C23H31ClN4O4.C22H29ClN4O4/c1-3-25-20(29)14-27-15(2)13-28(23(27)32)17-10-11-19(24)18(12-17)22(31)26-21(30)16-8-6-4-5-7-9-16;1-2-24-19(28)14-26-11-12-27(22(26)31)16-9-10-18(23)17(13-16)21(30)25-20(29)15-7-5-3-4-6-8-15/h10-13,16,21,30H,3-9,14H2,1-2H3,(H,25,29)(H,26,31);9-13,15,20,29H,2-8,14H2,1H3,(H,24,28)(H,25,30). The zero-order valence-electron chi connectivity index (χ0n) is 36.2. The summed E-state index contributed by atoms with van der Waals surface area (Å²) in [6.07, 6.45) is 15.1. The van der Waals surface area contributed by atoms with E-state index in [4.69, 9.17) is 23.2 Å². The lowest BCUT2D eigenvalue weighted by atomic mass is 9.98. The molecule has 6 N–H and O–H groups in total. The minimum atomic E-state index is -0.941. The zero-order chi connectivity index (χ0) is 45.6. The summed E-state index contributed by atoms with van der Waals surface area (Å²) >= 11 is 12.5. The molecule has 2 heterocycles. The van der Waals surface area contributed by atoms with E-state index >= 15 is 0 Å². The third-order valence-electron chi connectivity index (χ3n) is 11.6. The van der Waals surface area contributed by atoms with Crippen molar-refractivity contribution in [3.8, 4) is 11.4 Å². The van der Waals surface area contributed by atoms with Crippen molar-refractivity contribution in [2.24, 2.45) is 11.8 Å². The summed E-state index contributed by atoms with van der Waals surface area (Å²) in [7, 11) is 0. The SMILES string of the molecule is CCNC(=O)Cn1c(C)cn(-c2ccc(Cl)c(C(=O)NC(O)C3CCCCCC3)c2)c1=O.CCNC(=O)Cn1ccn(-c2ccc(Cl)c(C(=O)NC(O)C3CCCCCC3)c2)c1=O. The number of rotatable bonds is 14. The van der Waals surface area contributed by atoms with E-state index in [0.29, 0.717) is 30.2 Å². The molecule has 63 heavy (non-hydrogen) atoms. The summed E-state index contributed by atoms with van der Waals surface area (Å²) in [6, 6.07) is 9.38. The van der Waals surface area contributed by atoms with E-state index in [1.807, 2.05) is 6.92 Å². The minimum Gasteiger partial charge on any atom is -0.373 e.